The molecule has 0 amide bonds. The molecule has 1 aromatic carbocycles. The second-order valence-electron chi connectivity index (χ2n) is 2.96. The number of hydrogen-bond acceptors (Lipinski definition) is 2. The Kier molecular flexibility index (Phi) is 3.36. The summed E-state index contributed by atoms with van der Waals surface area (Å²) in [4.78, 5) is 10.5. The molecule has 1 N–H and O–H groups in total. The summed E-state index contributed by atoms with van der Waals surface area (Å²) in [6.07, 6.45) is -0.0389. The highest BCUT2D eigenvalue weighted by Crippen LogP contribution is 2.26. The van der Waals surface area contributed by atoms with E-state index in [-0.39, 0.29) is 6.42 Å². The maximum absolute atomic E-state index is 10.5. The smallest absolute Gasteiger partial charge is 0.307 e. The molecule has 0 radical (unpaired) electrons. The zero-order chi connectivity index (χ0) is 10.7. The van der Waals surface area contributed by atoms with Gasteiger partial charge in [0.1, 0.15) is 5.75 Å². The number of methoxy groups -OCH3 is 1. The Morgan fingerprint density at radius 1 is 1.57 bits per heavy atom. The highest BCUT2D eigenvalue weighted by molar-refractivity contribution is 6.30. The average molecular weight is 215 g/mol. The van der Waals surface area contributed by atoms with Crippen molar-refractivity contribution in [1.29, 1.82) is 0 Å². The van der Waals surface area contributed by atoms with Gasteiger partial charge in [-0.25, -0.2) is 0 Å². The fourth-order valence-electron chi connectivity index (χ4n) is 1.27. The largest absolute Gasteiger partial charge is 0.496 e. The second kappa shape index (κ2) is 4.33. The molecule has 0 saturated carbocycles. The SMILES string of the molecule is COc1cc(Cl)cc(CC(=O)O)c1C. The van der Waals surface area contributed by atoms with Crippen molar-refractivity contribution in [1.82, 2.24) is 0 Å². The summed E-state index contributed by atoms with van der Waals surface area (Å²) < 4.78 is 5.07. The molecule has 3 nitrogen and oxygen atoms in total. The molecule has 0 atom stereocenters. The van der Waals surface area contributed by atoms with Crippen molar-refractivity contribution >= 4 is 17.6 Å². The van der Waals surface area contributed by atoms with Gasteiger partial charge in [0.05, 0.1) is 13.5 Å². The van der Waals surface area contributed by atoms with E-state index in [0.717, 1.165) is 5.56 Å². The minimum absolute atomic E-state index is 0.0389. The fraction of sp³-hybridized carbons (Fsp3) is 0.300. The molecule has 0 unspecified atom stereocenters. The normalized spacial score (nSPS) is 9.93. The lowest BCUT2D eigenvalue weighted by molar-refractivity contribution is -0.136. The van der Waals surface area contributed by atoms with Crippen molar-refractivity contribution in [3.05, 3.63) is 28.3 Å². The van der Waals surface area contributed by atoms with Crippen LogP contribution in [-0.4, -0.2) is 18.2 Å². The molecule has 0 heterocycles. The molecule has 1 aromatic rings. The topological polar surface area (TPSA) is 46.5 Å². The monoisotopic (exact) mass is 214 g/mol. The maximum Gasteiger partial charge on any atom is 0.307 e. The van der Waals surface area contributed by atoms with E-state index in [1.54, 1.807) is 12.1 Å². The molecule has 0 aliphatic carbocycles. The van der Waals surface area contributed by atoms with Crippen molar-refractivity contribution in [2.24, 2.45) is 0 Å². The van der Waals surface area contributed by atoms with Gasteiger partial charge in [0.15, 0.2) is 0 Å². The van der Waals surface area contributed by atoms with Crippen LogP contribution in [0.1, 0.15) is 11.1 Å². The molecule has 0 fully saturated rings. The Bertz CT molecular complexity index is 361. The first-order chi connectivity index (χ1) is 6.54. The Balaban J connectivity index is 3.15. The van der Waals surface area contributed by atoms with Gasteiger partial charge in [-0.2, -0.15) is 0 Å². The predicted molar refractivity (Wildman–Crippen MR) is 54.1 cm³/mol. The van der Waals surface area contributed by atoms with E-state index < -0.39 is 5.97 Å². The van der Waals surface area contributed by atoms with E-state index in [9.17, 15) is 4.79 Å². The number of carboxylic acid groups (broad SMARTS) is 1. The van der Waals surface area contributed by atoms with Crippen molar-refractivity contribution < 1.29 is 14.6 Å². The van der Waals surface area contributed by atoms with Crippen LogP contribution in [0.15, 0.2) is 12.1 Å². The van der Waals surface area contributed by atoms with E-state index in [2.05, 4.69) is 0 Å². The number of aliphatic carboxylic acids is 1. The maximum atomic E-state index is 10.5. The summed E-state index contributed by atoms with van der Waals surface area (Å²) in [5, 5.41) is 9.15. The number of carboxylic acids is 1. The molecular formula is C10H11ClO3. The van der Waals surface area contributed by atoms with Gasteiger partial charge >= 0.3 is 5.97 Å². The van der Waals surface area contributed by atoms with Crippen LogP contribution < -0.4 is 4.74 Å². The number of hydrogen-bond donors (Lipinski definition) is 1. The highest BCUT2D eigenvalue weighted by atomic mass is 35.5. The first kappa shape index (κ1) is 10.9. The van der Waals surface area contributed by atoms with Gasteiger partial charge < -0.3 is 9.84 Å². The van der Waals surface area contributed by atoms with Crippen LogP contribution >= 0.6 is 11.6 Å². The molecule has 0 aromatic heterocycles. The number of halogens is 1. The first-order valence-corrected chi connectivity index (χ1v) is 4.47. The number of benzene rings is 1. The summed E-state index contributed by atoms with van der Waals surface area (Å²) in [6, 6.07) is 3.32. The first-order valence-electron chi connectivity index (χ1n) is 4.09. The zero-order valence-electron chi connectivity index (χ0n) is 8.00. The number of carbonyl (C=O) groups is 1. The molecule has 76 valence electrons. The fourth-order valence-corrected chi connectivity index (χ4v) is 1.50. The predicted octanol–water partition coefficient (Wildman–Crippen LogP) is 2.28. The van der Waals surface area contributed by atoms with Gasteiger partial charge in [-0.05, 0) is 30.2 Å². The third-order valence-electron chi connectivity index (χ3n) is 1.99. The van der Waals surface area contributed by atoms with Crippen LogP contribution in [-0.2, 0) is 11.2 Å². The quantitative estimate of drug-likeness (QED) is 0.840. The van der Waals surface area contributed by atoms with Crippen LogP contribution in [0.4, 0.5) is 0 Å². The standard InChI is InChI=1S/C10H11ClO3/c1-6-7(4-10(12)13)3-8(11)5-9(6)14-2/h3,5H,4H2,1-2H3,(H,12,13). The van der Waals surface area contributed by atoms with Crippen molar-refractivity contribution in [3.8, 4) is 5.75 Å². The summed E-state index contributed by atoms with van der Waals surface area (Å²) in [7, 11) is 1.53. The Morgan fingerprint density at radius 3 is 2.71 bits per heavy atom. The van der Waals surface area contributed by atoms with Crippen LogP contribution in [0.3, 0.4) is 0 Å². The van der Waals surface area contributed by atoms with Crippen molar-refractivity contribution in [2.75, 3.05) is 7.11 Å². The Hall–Kier alpha value is -1.22. The Morgan fingerprint density at radius 2 is 2.21 bits per heavy atom. The lowest BCUT2D eigenvalue weighted by Crippen LogP contribution is -2.03. The van der Waals surface area contributed by atoms with Crippen LogP contribution in [0.2, 0.25) is 5.02 Å². The van der Waals surface area contributed by atoms with Crippen molar-refractivity contribution in [3.63, 3.8) is 0 Å². The van der Waals surface area contributed by atoms with Gasteiger partial charge in [0.2, 0.25) is 0 Å². The lowest BCUT2D eigenvalue weighted by Gasteiger charge is -2.09. The summed E-state index contributed by atoms with van der Waals surface area (Å²) in [6.45, 7) is 1.81. The van der Waals surface area contributed by atoms with E-state index in [1.807, 2.05) is 6.92 Å². The van der Waals surface area contributed by atoms with E-state index in [4.69, 9.17) is 21.4 Å². The van der Waals surface area contributed by atoms with Crippen LogP contribution in [0.5, 0.6) is 5.75 Å². The zero-order valence-corrected chi connectivity index (χ0v) is 8.76. The van der Waals surface area contributed by atoms with Gasteiger partial charge in [-0.1, -0.05) is 11.6 Å². The summed E-state index contributed by atoms with van der Waals surface area (Å²) >= 11 is 5.81. The van der Waals surface area contributed by atoms with Crippen LogP contribution in [0.25, 0.3) is 0 Å². The minimum Gasteiger partial charge on any atom is -0.496 e. The minimum atomic E-state index is -0.877. The van der Waals surface area contributed by atoms with Gasteiger partial charge in [0.25, 0.3) is 0 Å². The van der Waals surface area contributed by atoms with Gasteiger partial charge in [-0.15, -0.1) is 0 Å². The molecule has 0 saturated heterocycles. The molecule has 0 aliphatic rings. The summed E-state index contributed by atoms with van der Waals surface area (Å²) in [5.41, 5.74) is 1.50. The van der Waals surface area contributed by atoms with Crippen molar-refractivity contribution in [2.45, 2.75) is 13.3 Å². The van der Waals surface area contributed by atoms with E-state index in [1.165, 1.54) is 7.11 Å². The molecule has 0 spiro atoms. The Labute approximate surface area is 87.3 Å². The molecule has 0 aliphatic heterocycles. The third-order valence-corrected chi connectivity index (χ3v) is 2.21. The second-order valence-corrected chi connectivity index (χ2v) is 3.40. The third kappa shape index (κ3) is 2.39. The highest BCUT2D eigenvalue weighted by Gasteiger charge is 2.09. The van der Waals surface area contributed by atoms with E-state index >= 15 is 0 Å². The number of rotatable bonds is 3. The molecule has 14 heavy (non-hydrogen) atoms. The van der Waals surface area contributed by atoms with Gasteiger partial charge in [-0.3, -0.25) is 4.79 Å². The van der Waals surface area contributed by atoms with Gasteiger partial charge in [0, 0.05) is 5.02 Å². The lowest BCUT2D eigenvalue weighted by atomic mass is 10.1. The summed E-state index contributed by atoms with van der Waals surface area (Å²) in [5.74, 6) is -0.258. The molecule has 4 heteroatoms. The van der Waals surface area contributed by atoms with E-state index in [0.29, 0.717) is 16.3 Å². The molecular weight excluding hydrogens is 204 g/mol. The number of ether oxygens (including phenoxy) is 1. The van der Waals surface area contributed by atoms with Crippen LogP contribution in [0, 0.1) is 6.92 Å². The molecule has 0 bridgehead atoms. The average Bonchev–Trinajstić information content (AvgIpc) is 2.09. The molecule has 1 rings (SSSR count).